The molecule has 19 heavy (non-hydrogen) atoms. The van der Waals surface area contributed by atoms with Gasteiger partial charge in [-0.05, 0) is 29.8 Å². The summed E-state index contributed by atoms with van der Waals surface area (Å²) in [6.07, 6.45) is 2.08. The molecule has 102 valence electrons. The molecule has 4 nitrogen and oxygen atoms in total. The van der Waals surface area contributed by atoms with E-state index >= 15 is 0 Å². The summed E-state index contributed by atoms with van der Waals surface area (Å²) in [6, 6.07) is 10.2. The van der Waals surface area contributed by atoms with Gasteiger partial charge in [0.1, 0.15) is 5.76 Å². The van der Waals surface area contributed by atoms with Gasteiger partial charge in [-0.25, -0.2) is 13.1 Å². The van der Waals surface area contributed by atoms with Crippen molar-refractivity contribution in [3.8, 4) is 0 Å². The first-order valence-electron chi connectivity index (χ1n) is 5.79. The number of nitrogens with one attached hydrogen (secondary N) is 1. The van der Waals surface area contributed by atoms with E-state index in [4.69, 9.17) is 16.0 Å². The van der Waals surface area contributed by atoms with Crippen molar-refractivity contribution >= 4 is 21.6 Å². The summed E-state index contributed by atoms with van der Waals surface area (Å²) in [5.74, 6) is 1.03. The van der Waals surface area contributed by atoms with Gasteiger partial charge in [-0.1, -0.05) is 12.1 Å². The van der Waals surface area contributed by atoms with Gasteiger partial charge in [0.25, 0.3) is 0 Å². The molecule has 1 aromatic heterocycles. The number of rotatable bonds is 6. The standard InChI is InChI=1S/C13H14ClNO3S/c14-10-11-3-1-5-13(9-11)19(16,17)15-7-6-12-4-2-8-18-12/h1-5,8-9,15H,6-7,10H2. The lowest BCUT2D eigenvalue weighted by Crippen LogP contribution is -2.26. The third-order valence-corrected chi connectivity index (χ3v) is 4.37. The van der Waals surface area contributed by atoms with Gasteiger partial charge in [0, 0.05) is 18.8 Å². The summed E-state index contributed by atoms with van der Waals surface area (Å²) in [6.45, 7) is 0.293. The molecule has 0 aliphatic rings. The van der Waals surface area contributed by atoms with Gasteiger partial charge in [0.05, 0.1) is 11.2 Å². The molecule has 2 rings (SSSR count). The van der Waals surface area contributed by atoms with Gasteiger partial charge in [0.2, 0.25) is 10.0 Å². The Balaban J connectivity index is 2.01. The van der Waals surface area contributed by atoms with E-state index in [0.717, 1.165) is 11.3 Å². The van der Waals surface area contributed by atoms with Crippen molar-refractivity contribution < 1.29 is 12.8 Å². The van der Waals surface area contributed by atoms with Gasteiger partial charge in [-0.15, -0.1) is 11.6 Å². The fraction of sp³-hybridized carbons (Fsp3) is 0.231. The molecular formula is C13H14ClNO3S. The number of alkyl halides is 1. The van der Waals surface area contributed by atoms with Crippen LogP contribution in [0.25, 0.3) is 0 Å². The predicted octanol–water partition coefficient (Wildman–Crippen LogP) is 2.54. The molecule has 0 spiro atoms. The number of sulfonamides is 1. The molecule has 0 saturated carbocycles. The quantitative estimate of drug-likeness (QED) is 0.834. The van der Waals surface area contributed by atoms with Crippen LogP contribution in [0, 0.1) is 0 Å². The molecule has 0 saturated heterocycles. The largest absolute Gasteiger partial charge is 0.469 e. The minimum absolute atomic E-state index is 0.227. The third kappa shape index (κ3) is 3.83. The Kier molecular flexibility index (Phi) is 4.63. The second-order valence-electron chi connectivity index (χ2n) is 4.01. The zero-order valence-corrected chi connectivity index (χ0v) is 11.7. The van der Waals surface area contributed by atoms with Gasteiger partial charge < -0.3 is 4.42 Å². The highest BCUT2D eigenvalue weighted by Gasteiger charge is 2.13. The molecule has 1 N–H and O–H groups in total. The van der Waals surface area contributed by atoms with Crippen LogP contribution in [0.4, 0.5) is 0 Å². The smallest absolute Gasteiger partial charge is 0.240 e. The number of halogens is 1. The highest BCUT2D eigenvalue weighted by atomic mass is 35.5. The first-order chi connectivity index (χ1) is 9.12. The van der Waals surface area contributed by atoms with Crippen molar-refractivity contribution in [3.05, 3.63) is 54.0 Å². The number of hydrogen-bond donors (Lipinski definition) is 1. The van der Waals surface area contributed by atoms with Crippen LogP contribution in [-0.2, 0) is 22.3 Å². The van der Waals surface area contributed by atoms with E-state index in [-0.39, 0.29) is 10.8 Å². The van der Waals surface area contributed by atoms with E-state index < -0.39 is 10.0 Å². The molecule has 2 aromatic rings. The van der Waals surface area contributed by atoms with E-state index in [2.05, 4.69) is 4.72 Å². The first-order valence-corrected chi connectivity index (χ1v) is 7.80. The van der Waals surface area contributed by atoms with Crippen LogP contribution in [0.15, 0.2) is 52.0 Å². The van der Waals surface area contributed by atoms with E-state index in [1.807, 2.05) is 6.07 Å². The molecule has 0 unspecified atom stereocenters. The number of benzene rings is 1. The van der Waals surface area contributed by atoms with Crippen molar-refractivity contribution in [3.63, 3.8) is 0 Å². The first kappa shape index (κ1) is 14.1. The predicted molar refractivity (Wildman–Crippen MR) is 73.6 cm³/mol. The zero-order valence-electron chi connectivity index (χ0n) is 10.2. The maximum absolute atomic E-state index is 12.0. The molecule has 0 radical (unpaired) electrons. The van der Waals surface area contributed by atoms with E-state index in [1.165, 1.54) is 0 Å². The molecule has 1 aromatic carbocycles. The van der Waals surface area contributed by atoms with Crippen LogP contribution in [0.3, 0.4) is 0 Å². The maximum atomic E-state index is 12.0. The Morgan fingerprint density at radius 3 is 2.74 bits per heavy atom. The highest BCUT2D eigenvalue weighted by Crippen LogP contribution is 2.13. The van der Waals surface area contributed by atoms with E-state index in [9.17, 15) is 8.42 Å². The van der Waals surface area contributed by atoms with Gasteiger partial charge >= 0.3 is 0 Å². The summed E-state index contributed by atoms with van der Waals surface area (Å²) in [5, 5.41) is 0. The molecule has 0 aliphatic carbocycles. The molecule has 0 amide bonds. The average Bonchev–Trinajstić information content (AvgIpc) is 2.92. The van der Waals surface area contributed by atoms with Crippen LogP contribution in [-0.4, -0.2) is 15.0 Å². The van der Waals surface area contributed by atoms with E-state index in [1.54, 1.807) is 36.6 Å². The summed E-state index contributed by atoms with van der Waals surface area (Å²) in [5.41, 5.74) is 0.774. The lowest BCUT2D eigenvalue weighted by atomic mass is 10.2. The highest BCUT2D eigenvalue weighted by molar-refractivity contribution is 7.89. The van der Waals surface area contributed by atoms with Gasteiger partial charge in [-0.2, -0.15) is 0 Å². The average molecular weight is 300 g/mol. The second-order valence-corrected chi connectivity index (χ2v) is 6.04. The Hall–Kier alpha value is -1.30. The van der Waals surface area contributed by atoms with E-state index in [0.29, 0.717) is 13.0 Å². The summed E-state index contributed by atoms with van der Waals surface area (Å²) >= 11 is 5.69. The zero-order chi connectivity index (χ0) is 13.7. The lowest BCUT2D eigenvalue weighted by Gasteiger charge is -2.07. The lowest BCUT2D eigenvalue weighted by molar-refractivity contribution is 0.506. The summed E-state index contributed by atoms with van der Waals surface area (Å²) < 4.78 is 31.8. The Morgan fingerprint density at radius 1 is 1.21 bits per heavy atom. The Labute approximate surface area is 117 Å². The van der Waals surface area contributed by atoms with Crippen LogP contribution < -0.4 is 4.72 Å². The van der Waals surface area contributed by atoms with Crippen molar-refractivity contribution in [2.45, 2.75) is 17.2 Å². The van der Waals surface area contributed by atoms with Gasteiger partial charge in [0.15, 0.2) is 0 Å². The minimum atomic E-state index is -3.50. The minimum Gasteiger partial charge on any atom is -0.469 e. The molecular weight excluding hydrogens is 286 g/mol. The van der Waals surface area contributed by atoms with Crippen LogP contribution in [0.5, 0.6) is 0 Å². The Bertz CT molecular complexity index is 623. The monoisotopic (exact) mass is 299 g/mol. The fourth-order valence-electron chi connectivity index (χ4n) is 1.64. The normalized spacial score (nSPS) is 11.6. The van der Waals surface area contributed by atoms with Crippen molar-refractivity contribution in [1.29, 1.82) is 0 Å². The summed E-state index contributed by atoms with van der Waals surface area (Å²) in [7, 11) is -3.50. The molecule has 6 heteroatoms. The van der Waals surface area contributed by atoms with Gasteiger partial charge in [-0.3, -0.25) is 0 Å². The molecule has 0 fully saturated rings. The summed E-state index contributed by atoms with van der Waals surface area (Å²) in [4.78, 5) is 0.227. The van der Waals surface area contributed by atoms with Crippen LogP contribution in [0.2, 0.25) is 0 Å². The van der Waals surface area contributed by atoms with Crippen LogP contribution in [0.1, 0.15) is 11.3 Å². The SMILES string of the molecule is O=S(=O)(NCCc1ccco1)c1cccc(CCl)c1. The third-order valence-electron chi connectivity index (χ3n) is 2.61. The molecule has 0 bridgehead atoms. The number of furan rings is 1. The van der Waals surface area contributed by atoms with Crippen molar-refractivity contribution in [2.24, 2.45) is 0 Å². The Morgan fingerprint density at radius 2 is 2.05 bits per heavy atom. The van der Waals surface area contributed by atoms with Crippen LogP contribution >= 0.6 is 11.6 Å². The van der Waals surface area contributed by atoms with Crippen molar-refractivity contribution in [2.75, 3.05) is 6.54 Å². The van der Waals surface area contributed by atoms with Crippen molar-refractivity contribution in [1.82, 2.24) is 4.72 Å². The topological polar surface area (TPSA) is 59.3 Å². The fourth-order valence-corrected chi connectivity index (χ4v) is 2.91. The molecule has 0 atom stereocenters. The molecule has 0 aliphatic heterocycles. The second kappa shape index (κ2) is 6.23. The molecule has 1 heterocycles. The number of hydrogen-bond acceptors (Lipinski definition) is 3. The maximum Gasteiger partial charge on any atom is 0.240 e.